The zero-order valence-corrected chi connectivity index (χ0v) is 10.8. The monoisotopic (exact) mass is 272 g/mol. The van der Waals surface area contributed by atoms with Gasteiger partial charge in [0.05, 0.1) is 23.5 Å². The molecule has 0 saturated heterocycles. The van der Waals surface area contributed by atoms with Crippen LogP contribution in [-0.4, -0.2) is 18.6 Å². The third-order valence-corrected chi connectivity index (χ3v) is 3.49. The Morgan fingerprint density at radius 1 is 1.26 bits per heavy atom. The first-order chi connectivity index (χ1) is 8.72. The Morgan fingerprint density at radius 3 is 2.53 bits per heavy atom. The third kappa shape index (κ3) is 2.60. The molecule has 19 heavy (non-hydrogen) atoms. The van der Waals surface area contributed by atoms with Gasteiger partial charge in [0, 0.05) is 0 Å². The highest BCUT2D eigenvalue weighted by Gasteiger charge is 2.49. The number of benzene rings is 1. The van der Waals surface area contributed by atoms with Gasteiger partial charge >= 0.3 is 6.18 Å². The smallest absolute Gasteiger partial charge is 0.394 e. The molecule has 2 nitrogen and oxygen atoms in total. The standard InChI is InChI=1S/C14H15F3O2/c1-13(2,14(15,16)17)7-9-8-19-11-6-4-3-5-10(11)12(9)18/h3-6,9H,7-8H2,1-2H3/t9-/m0/s1. The number of fused-ring (bicyclic) bond motifs is 1. The lowest BCUT2D eigenvalue weighted by Gasteiger charge is -2.33. The molecule has 0 saturated carbocycles. The van der Waals surface area contributed by atoms with Gasteiger partial charge in [0.25, 0.3) is 0 Å². The molecule has 1 aromatic carbocycles. The summed E-state index contributed by atoms with van der Waals surface area (Å²) in [6, 6.07) is 6.65. The minimum atomic E-state index is -4.33. The highest BCUT2D eigenvalue weighted by Crippen LogP contribution is 2.44. The first kappa shape index (κ1) is 13.9. The molecule has 0 bridgehead atoms. The number of carbonyl (C=O) groups is 1. The van der Waals surface area contributed by atoms with Crippen LogP contribution in [0.3, 0.4) is 0 Å². The Kier molecular flexibility index (Phi) is 3.32. The van der Waals surface area contributed by atoms with Gasteiger partial charge in [0.2, 0.25) is 0 Å². The molecule has 0 radical (unpaired) electrons. The molecule has 5 heteroatoms. The van der Waals surface area contributed by atoms with Crippen LogP contribution in [0, 0.1) is 11.3 Å². The molecule has 0 spiro atoms. The molecule has 0 fully saturated rings. The van der Waals surface area contributed by atoms with E-state index in [4.69, 9.17) is 4.74 Å². The molecule has 0 aliphatic carbocycles. The van der Waals surface area contributed by atoms with Crippen molar-refractivity contribution in [1.82, 2.24) is 0 Å². The summed E-state index contributed by atoms with van der Waals surface area (Å²) >= 11 is 0. The minimum Gasteiger partial charge on any atom is -0.492 e. The summed E-state index contributed by atoms with van der Waals surface area (Å²) in [7, 11) is 0. The van der Waals surface area contributed by atoms with Gasteiger partial charge < -0.3 is 4.74 Å². The average molecular weight is 272 g/mol. The zero-order valence-electron chi connectivity index (χ0n) is 10.8. The van der Waals surface area contributed by atoms with E-state index in [1.54, 1.807) is 24.3 Å². The maximum atomic E-state index is 12.9. The van der Waals surface area contributed by atoms with Gasteiger partial charge in [-0.05, 0) is 18.6 Å². The first-order valence-electron chi connectivity index (χ1n) is 6.05. The summed E-state index contributed by atoms with van der Waals surface area (Å²) in [5.41, 5.74) is -1.53. The van der Waals surface area contributed by atoms with Crippen LogP contribution < -0.4 is 4.74 Å². The normalized spacial score (nSPS) is 19.8. The van der Waals surface area contributed by atoms with E-state index in [2.05, 4.69) is 0 Å². The van der Waals surface area contributed by atoms with Crippen molar-refractivity contribution in [3.63, 3.8) is 0 Å². The van der Waals surface area contributed by atoms with Crippen molar-refractivity contribution < 1.29 is 22.7 Å². The minimum absolute atomic E-state index is 0.00928. The maximum Gasteiger partial charge on any atom is 0.394 e. The molecule has 1 heterocycles. The summed E-state index contributed by atoms with van der Waals surface area (Å²) in [4.78, 5) is 12.2. The number of para-hydroxylation sites is 1. The molecule has 1 aliphatic heterocycles. The topological polar surface area (TPSA) is 26.3 Å². The van der Waals surface area contributed by atoms with Gasteiger partial charge in [0.15, 0.2) is 5.78 Å². The first-order valence-corrected chi connectivity index (χ1v) is 6.05. The number of carbonyl (C=O) groups excluding carboxylic acids is 1. The Morgan fingerprint density at radius 2 is 1.89 bits per heavy atom. The van der Waals surface area contributed by atoms with Crippen LogP contribution in [0.15, 0.2) is 24.3 Å². The Balaban J connectivity index is 2.20. The summed E-state index contributed by atoms with van der Waals surface area (Å²) in [5, 5.41) is 0. The quantitative estimate of drug-likeness (QED) is 0.817. The SMILES string of the molecule is CC(C)(C[C@H]1COc2ccccc2C1=O)C(F)(F)F. The van der Waals surface area contributed by atoms with Crippen LogP contribution in [0.1, 0.15) is 30.6 Å². The van der Waals surface area contributed by atoms with E-state index in [-0.39, 0.29) is 18.8 Å². The Hall–Kier alpha value is -1.52. The van der Waals surface area contributed by atoms with E-state index < -0.39 is 17.5 Å². The fraction of sp³-hybridized carbons (Fsp3) is 0.500. The lowest BCUT2D eigenvalue weighted by atomic mass is 9.79. The molecule has 104 valence electrons. The number of ketones is 1. The summed E-state index contributed by atoms with van der Waals surface area (Å²) in [6.45, 7) is 2.23. The highest BCUT2D eigenvalue weighted by molar-refractivity contribution is 6.01. The molecule has 0 aromatic heterocycles. The molecule has 1 aromatic rings. The van der Waals surface area contributed by atoms with Crippen LogP contribution >= 0.6 is 0 Å². The van der Waals surface area contributed by atoms with Gasteiger partial charge in [-0.3, -0.25) is 4.79 Å². The maximum absolute atomic E-state index is 12.9. The van der Waals surface area contributed by atoms with Crippen molar-refractivity contribution in [2.45, 2.75) is 26.4 Å². The molecule has 0 N–H and O–H groups in total. The van der Waals surface area contributed by atoms with E-state index in [0.717, 1.165) is 13.8 Å². The predicted molar refractivity (Wildman–Crippen MR) is 64.2 cm³/mol. The summed E-state index contributed by atoms with van der Waals surface area (Å²) in [5.74, 6) is -0.556. The fourth-order valence-electron chi connectivity index (χ4n) is 2.17. The van der Waals surface area contributed by atoms with Crippen LogP contribution in [-0.2, 0) is 0 Å². The highest BCUT2D eigenvalue weighted by atomic mass is 19.4. The number of hydrogen-bond donors (Lipinski definition) is 0. The van der Waals surface area contributed by atoms with Crippen molar-refractivity contribution in [3.8, 4) is 5.75 Å². The molecular weight excluding hydrogens is 257 g/mol. The van der Waals surface area contributed by atoms with E-state index in [1.165, 1.54) is 0 Å². The van der Waals surface area contributed by atoms with Crippen molar-refractivity contribution in [2.75, 3.05) is 6.61 Å². The second kappa shape index (κ2) is 4.54. The number of halogens is 3. The number of ether oxygens (including phenoxy) is 1. The second-order valence-corrected chi connectivity index (χ2v) is 5.45. The average Bonchev–Trinajstić information content (AvgIpc) is 2.31. The van der Waals surface area contributed by atoms with Gasteiger partial charge in [-0.25, -0.2) is 0 Å². The number of hydrogen-bond acceptors (Lipinski definition) is 2. The van der Waals surface area contributed by atoms with Crippen LogP contribution in [0.4, 0.5) is 13.2 Å². The number of rotatable bonds is 2. The van der Waals surface area contributed by atoms with Gasteiger partial charge in [0.1, 0.15) is 5.75 Å². The van der Waals surface area contributed by atoms with Gasteiger partial charge in [-0.2, -0.15) is 13.2 Å². The van der Waals surface area contributed by atoms with Gasteiger partial charge in [-0.1, -0.05) is 26.0 Å². The predicted octanol–water partition coefficient (Wildman–Crippen LogP) is 3.86. The Labute approximate surface area is 109 Å². The lowest BCUT2D eigenvalue weighted by Crippen LogP contribution is -2.39. The molecule has 0 unspecified atom stereocenters. The summed E-state index contributed by atoms with van der Waals surface area (Å²) < 4.78 is 44.0. The van der Waals surface area contributed by atoms with E-state index in [9.17, 15) is 18.0 Å². The third-order valence-electron chi connectivity index (χ3n) is 3.49. The molecule has 1 atom stereocenters. The molecule has 2 rings (SSSR count). The molecular formula is C14H15F3O2. The van der Waals surface area contributed by atoms with Crippen LogP contribution in [0.25, 0.3) is 0 Å². The van der Waals surface area contributed by atoms with Crippen LogP contribution in [0.2, 0.25) is 0 Å². The van der Waals surface area contributed by atoms with Gasteiger partial charge in [-0.15, -0.1) is 0 Å². The number of alkyl halides is 3. The Bertz CT molecular complexity index is 492. The largest absolute Gasteiger partial charge is 0.492 e. The molecule has 0 amide bonds. The van der Waals surface area contributed by atoms with Crippen molar-refractivity contribution in [1.29, 1.82) is 0 Å². The van der Waals surface area contributed by atoms with Crippen molar-refractivity contribution in [2.24, 2.45) is 11.3 Å². The summed E-state index contributed by atoms with van der Waals surface area (Å²) in [6.07, 6.45) is -4.59. The van der Waals surface area contributed by atoms with E-state index >= 15 is 0 Å². The lowest BCUT2D eigenvalue weighted by molar-refractivity contribution is -0.216. The number of Topliss-reactive ketones (excluding diaryl/α,β-unsaturated/α-hetero) is 1. The van der Waals surface area contributed by atoms with E-state index in [1.807, 2.05) is 0 Å². The second-order valence-electron chi connectivity index (χ2n) is 5.45. The molecule has 1 aliphatic rings. The van der Waals surface area contributed by atoms with Crippen LogP contribution in [0.5, 0.6) is 5.75 Å². The van der Waals surface area contributed by atoms with E-state index in [0.29, 0.717) is 11.3 Å². The van der Waals surface area contributed by atoms with Crippen molar-refractivity contribution in [3.05, 3.63) is 29.8 Å². The van der Waals surface area contributed by atoms with Crippen molar-refractivity contribution >= 4 is 5.78 Å². The zero-order chi connectivity index (χ0) is 14.3. The fourth-order valence-corrected chi connectivity index (χ4v) is 2.17.